The van der Waals surface area contributed by atoms with Crippen LogP contribution in [0.3, 0.4) is 0 Å². The SMILES string of the molecule is O=C1Cc2cccc3c2CC1C12CCC(C1)C1=C2CCCC13. The molecule has 5 aliphatic carbocycles. The van der Waals surface area contributed by atoms with Gasteiger partial charge in [-0.25, -0.2) is 0 Å². The van der Waals surface area contributed by atoms with Crippen LogP contribution in [0.5, 0.6) is 0 Å². The molecule has 0 amide bonds. The first-order chi connectivity index (χ1) is 10.8. The summed E-state index contributed by atoms with van der Waals surface area (Å²) >= 11 is 0. The van der Waals surface area contributed by atoms with Crippen LogP contribution in [0, 0.1) is 17.3 Å². The zero-order valence-corrected chi connectivity index (χ0v) is 13.0. The molecule has 1 fully saturated rings. The normalized spacial score (nSPS) is 40.7. The molecule has 0 saturated heterocycles. The molecule has 6 rings (SSSR count). The second kappa shape index (κ2) is 3.75. The lowest BCUT2D eigenvalue weighted by Crippen LogP contribution is -2.42. The number of carbonyl (C=O) groups excluding carboxylic acids is 1. The van der Waals surface area contributed by atoms with Gasteiger partial charge in [0, 0.05) is 23.7 Å². The largest absolute Gasteiger partial charge is 0.299 e. The minimum absolute atomic E-state index is 0.293. The Bertz CT molecular complexity index is 755. The van der Waals surface area contributed by atoms with E-state index >= 15 is 0 Å². The average molecular weight is 290 g/mol. The monoisotopic (exact) mass is 290 g/mol. The molecular formula is C21H22O. The van der Waals surface area contributed by atoms with Crippen LogP contribution in [0.25, 0.3) is 0 Å². The van der Waals surface area contributed by atoms with Crippen LogP contribution in [-0.2, 0) is 17.6 Å². The summed E-state index contributed by atoms with van der Waals surface area (Å²) in [7, 11) is 0. The highest BCUT2D eigenvalue weighted by Crippen LogP contribution is 2.68. The first-order valence-electron chi connectivity index (χ1n) is 9.15. The van der Waals surface area contributed by atoms with Gasteiger partial charge in [-0.1, -0.05) is 29.3 Å². The molecule has 1 aromatic rings. The molecule has 0 aliphatic heterocycles. The Morgan fingerprint density at radius 1 is 1.18 bits per heavy atom. The van der Waals surface area contributed by atoms with Crippen molar-refractivity contribution in [2.75, 3.05) is 0 Å². The summed E-state index contributed by atoms with van der Waals surface area (Å²) in [5.74, 6) is 2.35. The van der Waals surface area contributed by atoms with E-state index in [2.05, 4.69) is 18.2 Å². The van der Waals surface area contributed by atoms with Crippen molar-refractivity contribution >= 4 is 5.78 Å². The summed E-state index contributed by atoms with van der Waals surface area (Å²) in [5, 5.41) is 0. The highest BCUT2D eigenvalue weighted by atomic mass is 16.1. The molecule has 4 unspecified atom stereocenters. The van der Waals surface area contributed by atoms with Crippen LogP contribution in [0.4, 0.5) is 0 Å². The summed E-state index contributed by atoms with van der Waals surface area (Å²) in [5.41, 5.74) is 8.40. The average Bonchev–Trinajstić information content (AvgIpc) is 3.12. The van der Waals surface area contributed by atoms with E-state index in [0.717, 1.165) is 12.3 Å². The Morgan fingerprint density at radius 2 is 2.14 bits per heavy atom. The van der Waals surface area contributed by atoms with E-state index in [-0.39, 0.29) is 0 Å². The zero-order chi connectivity index (χ0) is 14.5. The number of rotatable bonds is 0. The fourth-order valence-corrected chi connectivity index (χ4v) is 7.05. The predicted molar refractivity (Wildman–Crippen MR) is 85.7 cm³/mol. The number of carbonyl (C=O) groups is 1. The molecule has 0 N–H and O–H groups in total. The Kier molecular flexibility index (Phi) is 2.06. The molecular weight excluding hydrogens is 268 g/mol. The Morgan fingerprint density at radius 3 is 3.09 bits per heavy atom. The number of benzene rings is 1. The predicted octanol–water partition coefficient (Wildman–Crippen LogP) is 4.35. The van der Waals surface area contributed by atoms with E-state index < -0.39 is 0 Å². The molecule has 1 saturated carbocycles. The van der Waals surface area contributed by atoms with Gasteiger partial charge in [-0.2, -0.15) is 0 Å². The maximum Gasteiger partial charge on any atom is 0.141 e. The van der Waals surface area contributed by atoms with E-state index in [4.69, 9.17) is 0 Å². The van der Waals surface area contributed by atoms with Gasteiger partial charge in [-0.05, 0) is 67.6 Å². The minimum Gasteiger partial charge on any atom is -0.299 e. The van der Waals surface area contributed by atoms with Crippen molar-refractivity contribution in [3.63, 3.8) is 0 Å². The fourth-order valence-electron chi connectivity index (χ4n) is 7.05. The van der Waals surface area contributed by atoms with Gasteiger partial charge in [0.25, 0.3) is 0 Å². The summed E-state index contributed by atoms with van der Waals surface area (Å²) in [6.45, 7) is 0. The third-order valence-electron chi connectivity index (χ3n) is 7.75. The smallest absolute Gasteiger partial charge is 0.141 e. The van der Waals surface area contributed by atoms with Crippen molar-refractivity contribution < 1.29 is 4.79 Å². The van der Waals surface area contributed by atoms with Crippen LogP contribution >= 0.6 is 0 Å². The molecule has 22 heavy (non-hydrogen) atoms. The van der Waals surface area contributed by atoms with Crippen molar-refractivity contribution in [1.82, 2.24) is 0 Å². The molecule has 0 radical (unpaired) electrons. The van der Waals surface area contributed by atoms with E-state index in [1.807, 2.05) is 5.57 Å². The molecule has 5 aliphatic rings. The second-order valence-electron chi connectivity index (χ2n) is 8.36. The quantitative estimate of drug-likeness (QED) is 0.649. The van der Waals surface area contributed by atoms with Gasteiger partial charge in [0.2, 0.25) is 0 Å². The number of allylic oxidation sites excluding steroid dienone is 2. The van der Waals surface area contributed by atoms with Crippen molar-refractivity contribution in [3.05, 3.63) is 46.0 Å². The Hall–Kier alpha value is -1.37. The summed E-state index contributed by atoms with van der Waals surface area (Å²) in [6, 6.07) is 6.81. The van der Waals surface area contributed by atoms with Gasteiger partial charge >= 0.3 is 0 Å². The molecule has 0 heterocycles. The lowest BCUT2D eigenvalue weighted by Gasteiger charge is -2.46. The van der Waals surface area contributed by atoms with Crippen LogP contribution in [-0.4, -0.2) is 5.78 Å². The number of hydrogen-bond donors (Lipinski definition) is 0. The molecule has 0 aromatic heterocycles. The van der Waals surface area contributed by atoms with Crippen molar-refractivity contribution in [2.45, 2.75) is 57.3 Å². The van der Waals surface area contributed by atoms with Crippen LogP contribution in [0.1, 0.15) is 61.1 Å². The number of hydrogen-bond acceptors (Lipinski definition) is 1. The van der Waals surface area contributed by atoms with Crippen molar-refractivity contribution in [3.8, 4) is 0 Å². The highest BCUT2D eigenvalue weighted by Gasteiger charge is 2.59. The fraction of sp³-hybridized carbons (Fsp3) is 0.571. The van der Waals surface area contributed by atoms with Gasteiger partial charge in [0.15, 0.2) is 0 Å². The maximum atomic E-state index is 13.0. The van der Waals surface area contributed by atoms with Crippen LogP contribution in [0.15, 0.2) is 29.3 Å². The topological polar surface area (TPSA) is 17.1 Å². The molecule has 1 heteroatoms. The zero-order valence-electron chi connectivity index (χ0n) is 13.0. The van der Waals surface area contributed by atoms with Crippen LogP contribution < -0.4 is 0 Å². The number of ketones is 1. The standard InChI is InChI=1S/C21H22O/c22-19-9-12-3-1-4-14-15-5-2-6-17-20(15)13-7-8-21(17,11-13)18(19)10-16(12)14/h1,3-4,13,15,18H,2,5-11H2. The van der Waals surface area contributed by atoms with Gasteiger partial charge in [0.1, 0.15) is 5.78 Å². The first-order valence-corrected chi connectivity index (χ1v) is 9.15. The van der Waals surface area contributed by atoms with Crippen molar-refractivity contribution in [2.24, 2.45) is 17.3 Å². The third-order valence-corrected chi connectivity index (χ3v) is 7.75. The van der Waals surface area contributed by atoms with Crippen LogP contribution in [0.2, 0.25) is 0 Å². The van der Waals surface area contributed by atoms with E-state index in [9.17, 15) is 4.79 Å². The lowest BCUT2D eigenvalue weighted by molar-refractivity contribution is -0.126. The van der Waals surface area contributed by atoms with Crippen molar-refractivity contribution in [1.29, 1.82) is 0 Å². The molecule has 1 spiro atoms. The minimum atomic E-state index is 0.293. The second-order valence-corrected chi connectivity index (χ2v) is 8.36. The van der Waals surface area contributed by atoms with E-state index in [1.165, 1.54) is 44.1 Å². The number of fused-ring (bicyclic) bond motifs is 3. The lowest BCUT2D eigenvalue weighted by atomic mass is 9.57. The molecule has 1 aromatic carbocycles. The number of Topliss-reactive ketones (excluding diaryl/α,β-unsaturated/α-hetero) is 1. The molecule has 112 valence electrons. The molecule has 1 nitrogen and oxygen atoms in total. The summed E-state index contributed by atoms with van der Waals surface area (Å²) in [4.78, 5) is 13.0. The first kappa shape index (κ1) is 12.1. The van der Waals surface area contributed by atoms with E-state index in [0.29, 0.717) is 29.5 Å². The van der Waals surface area contributed by atoms with Gasteiger partial charge in [-0.15, -0.1) is 0 Å². The highest BCUT2D eigenvalue weighted by molar-refractivity contribution is 5.88. The molecule has 4 atom stereocenters. The Labute approximate surface area is 131 Å². The maximum absolute atomic E-state index is 13.0. The summed E-state index contributed by atoms with van der Waals surface area (Å²) in [6.07, 6.45) is 9.70. The summed E-state index contributed by atoms with van der Waals surface area (Å²) < 4.78 is 0. The Balaban J connectivity index is 1.72. The van der Waals surface area contributed by atoms with Gasteiger partial charge in [-0.3, -0.25) is 4.79 Å². The molecule has 7 bridgehead atoms. The third kappa shape index (κ3) is 1.19. The van der Waals surface area contributed by atoms with Gasteiger partial charge in [0.05, 0.1) is 0 Å². The van der Waals surface area contributed by atoms with Gasteiger partial charge < -0.3 is 0 Å². The van der Waals surface area contributed by atoms with E-state index in [1.54, 1.807) is 16.7 Å².